The summed E-state index contributed by atoms with van der Waals surface area (Å²) in [6, 6.07) is 1.72. The van der Waals surface area contributed by atoms with Crippen LogP contribution < -0.4 is 4.72 Å². The Kier molecular flexibility index (Phi) is 5.30. The van der Waals surface area contributed by atoms with Crippen LogP contribution in [0.2, 0.25) is 0 Å². The predicted octanol–water partition coefficient (Wildman–Crippen LogP) is 1.33. The van der Waals surface area contributed by atoms with E-state index < -0.39 is 15.6 Å². The summed E-state index contributed by atoms with van der Waals surface area (Å²) in [4.78, 5) is 0. The van der Waals surface area contributed by atoms with E-state index in [4.69, 9.17) is 9.84 Å². The lowest BCUT2D eigenvalue weighted by Gasteiger charge is -2.20. The lowest BCUT2D eigenvalue weighted by molar-refractivity contribution is 0.0807. The van der Waals surface area contributed by atoms with Crippen molar-refractivity contribution in [1.29, 1.82) is 0 Å². The van der Waals surface area contributed by atoms with Gasteiger partial charge in [-0.3, -0.25) is 0 Å². The van der Waals surface area contributed by atoms with E-state index in [1.807, 2.05) is 0 Å². The first-order valence-electron chi connectivity index (χ1n) is 5.55. The molecule has 0 aliphatic heterocycles. The van der Waals surface area contributed by atoms with Crippen molar-refractivity contribution in [3.63, 3.8) is 0 Å². The van der Waals surface area contributed by atoms with Crippen molar-refractivity contribution in [3.8, 4) is 0 Å². The minimum absolute atomic E-state index is 0.0769. The molecule has 0 bridgehead atoms. The summed E-state index contributed by atoms with van der Waals surface area (Å²) in [6.45, 7) is 5.68. The number of nitrogens with one attached hydrogen (secondary N) is 1. The maximum absolute atomic E-state index is 12.2. The van der Waals surface area contributed by atoms with Gasteiger partial charge < -0.3 is 9.84 Å². The van der Waals surface area contributed by atoms with Crippen LogP contribution in [0.3, 0.4) is 0 Å². The summed E-state index contributed by atoms with van der Waals surface area (Å²) in [5.74, 6) is 0. The Balaban J connectivity index is 2.86. The first-order chi connectivity index (χ1) is 8.26. The Hall–Kier alpha value is -0.470. The van der Waals surface area contributed by atoms with Gasteiger partial charge in [-0.15, -0.1) is 11.3 Å². The SMILES string of the molecule is CC(C)(C)NS(=O)(=O)c1sccc1COCCO. The molecule has 0 aliphatic carbocycles. The van der Waals surface area contributed by atoms with Crippen molar-refractivity contribution in [3.05, 3.63) is 17.0 Å². The van der Waals surface area contributed by atoms with Crippen LogP contribution in [-0.4, -0.2) is 32.3 Å². The average Bonchev–Trinajstić information content (AvgIpc) is 2.63. The molecular formula is C11H19NO4S2. The van der Waals surface area contributed by atoms with Crippen LogP contribution in [0.5, 0.6) is 0 Å². The van der Waals surface area contributed by atoms with E-state index in [0.29, 0.717) is 5.56 Å². The molecule has 0 radical (unpaired) electrons. The molecule has 0 saturated heterocycles. The fourth-order valence-electron chi connectivity index (χ4n) is 1.36. The van der Waals surface area contributed by atoms with E-state index in [1.54, 1.807) is 32.2 Å². The van der Waals surface area contributed by atoms with Crippen molar-refractivity contribution in [2.24, 2.45) is 0 Å². The summed E-state index contributed by atoms with van der Waals surface area (Å²) < 4.78 is 32.4. The van der Waals surface area contributed by atoms with Crippen molar-refractivity contribution in [2.45, 2.75) is 37.1 Å². The minimum atomic E-state index is -3.52. The zero-order valence-electron chi connectivity index (χ0n) is 10.8. The molecule has 1 rings (SSSR count). The third-order valence-corrected chi connectivity index (χ3v) is 5.21. The fourth-order valence-corrected chi connectivity index (χ4v) is 4.16. The van der Waals surface area contributed by atoms with Gasteiger partial charge in [0.15, 0.2) is 0 Å². The third-order valence-electron chi connectivity index (χ3n) is 1.88. The average molecular weight is 293 g/mol. The molecule has 0 aliphatic rings. The molecule has 0 spiro atoms. The molecule has 0 saturated carbocycles. The largest absolute Gasteiger partial charge is 0.394 e. The van der Waals surface area contributed by atoms with Crippen LogP contribution in [0, 0.1) is 0 Å². The second-order valence-electron chi connectivity index (χ2n) is 4.86. The second kappa shape index (κ2) is 6.12. The number of sulfonamides is 1. The van der Waals surface area contributed by atoms with E-state index in [2.05, 4.69) is 4.72 Å². The number of aliphatic hydroxyl groups excluding tert-OH is 1. The van der Waals surface area contributed by atoms with Gasteiger partial charge in [0.2, 0.25) is 0 Å². The van der Waals surface area contributed by atoms with Gasteiger partial charge in [0, 0.05) is 11.1 Å². The molecular weight excluding hydrogens is 274 g/mol. The molecule has 1 aromatic rings. The van der Waals surface area contributed by atoms with Crippen LogP contribution in [0.4, 0.5) is 0 Å². The highest BCUT2D eigenvalue weighted by molar-refractivity contribution is 7.91. The maximum Gasteiger partial charge on any atom is 0.250 e. The van der Waals surface area contributed by atoms with Crippen LogP contribution in [0.25, 0.3) is 0 Å². The third kappa shape index (κ3) is 4.66. The monoisotopic (exact) mass is 293 g/mol. The maximum atomic E-state index is 12.2. The lowest BCUT2D eigenvalue weighted by Crippen LogP contribution is -2.40. The molecule has 0 fully saturated rings. The molecule has 0 atom stereocenters. The minimum Gasteiger partial charge on any atom is -0.394 e. The van der Waals surface area contributed by atoms with Crippen LogP contribution >= 0.6 is 11.3 Å². The quantitative estimate of drug-likeness (QED) is 0.776. The number of thiophene rings is 1. The van der Waals surface area contributed by atoms with Gasteiger partial charge in [-0.1, -0.05) is 0 Å². The zero-order valence-corrected chi connectivity index (χ0v) is 12.4. The van der Waals surface area contributed by atoms with Gasteiger partial charge in [0.05, 0.1) is 19.8 Å². The fraction of sp³-hybridized carbons (Fsp3) is 0.636. The van der Waals surface area contributed by atoms with E-state index in [0.717, 1.165) is 11.3 Å². The van der Waals surface area contributed by atoms with E-state index >= 15 is 0 Å². The van der Waals surface area contributed by atoms with E-state index in [-0.39, 0.29) is 24.0 Å². The molecule has 104 valence electrons. The Morgan fingerprint density at radius 2 is 2.11 bits per heavy atom. The number of hydrogen-bond acceptors (Lipinski definition) is 5. The van der Waals surface area contributed by atoms with Gasteiger partial charge in [-0.25, -0.2) is 13.1 Å². The highest BCUT2D eigenvalue weighted by Gasteiger charge is 2.25. The molecule has 0 amide bonds. The zero-order chi connectivity index (χ0) is 13.8. The first-order valence-corrected chi connectivity index (χ1v) is 7.91. The summed E-state index contributed by atoms with van der Waals surface area (Å²) in [5.41, 5.74) is 0.0941. The Morgan fingerprint density at radius 3 is 2.67 bits per heavy atom. The Morgan fingerprint density at radius 1 is 1.44 bits per heavy atom. The van der Waals surface area contributed by atoms with E-state index in [1.165, 1.54) is 0 Å². The molecule has 1 heterocycles. The standard InChI is InChI=1S/C11H19NO4S2/c1-11(2,3)12-18(14,15)10-9(4-7-17-10)8-16-6-5-13/h4,7,12-13H,5-6,8H2,1-3H3. The molecule has 2 N–H and O–H groups in total. The topological polar surface area (TPSA) is 75.6 Å². The molecule has 5 nitrogen and oxygen atoms in total. The van der Waals surface area contributed by atoms with Crippen LogP contribution in [-0.2, 0) is 21.4 Å². The second-order valence-corrected chi connectivity index (χ2v) is 7.66. The lowest BCUT2D eigenvalue weighted by atomic mass is 10.1. The summed E-state index contributed by atoms with van der Waals surface area (Å²) >= 11 is 1.16. The van der Waals surface area contributed by atoms with Gasteiger partial charge in [-0.05, 0) is 32.2 Å². The number of hydrogen-bond donors (Lipinski definition) is 2. The number of ether oxygens (including phenoxy) is 1. The summed E-state index contributed by atoms with van der Waals surface area (Å²) in [7, 11) is -3.52. The van der Waals surface area contributed by atoms with E-state index in [9.17, 15) is 8.42 Å². The van der Waals surface area contributed by atoms with Gasteiger partial charge in [-0.2, -0.15) is 0 Å². The predicted molar refractivity (Wildman–Crippen MR) is 71.1 cm³/mol. The summed E-state index contributed by atoms with van der Waals surface area (Å²) in [6.07, 6.45) is 0. The molecule has 0 aromatic carbocycles. The van der Waals surface area contributed by atoms with Gasteiger partial charge in [0.25, 0.3) is 10.0 Å². The summed E-state index contributed by atoms with van der Waals surface area (Å²) in [5, 5.41) is 10.3. The highest BCUT2D eigenvalue weighted by atomic mass is 32.2. The Bertz CT molecular complexity index is 473. The van der Waals surface area contributed by atoms with Crippen molar-refractivity contribution < 1.29 is 18.3 Å². The van der Waals surface area contributed by atoms with Gasteiger partial charge in [0.1, 0.15) is 4.21 Å². The molecule has 0 unspecified atom stereocenters. The first kappa shape index (κ1) is 15.6. The van der Waals surface area contributed by atoms with Crippen molar-refractivity contribution in [1.82, 2.24) is 4.72 Å². The normalized spacial score (nSPS) is 12.9. The van der Waals surface area contributed by atoms with Crippen LogP contribution in [0.1, 0.15) is 26.3 Å². The van der Waals surface area contributed by atoms with Gasteiger partial charge >= 0.3 is 0 Å². The molecule has 18 heavy (non-hydrogen) atoms. The smallest absolute Gasteiger partial charge is 0.250 e. The van der Waals surface area contributed by atoms with Crippen molar-refractivity contribution in [2.75, 3.05) is 13.2 Å². The Labute approximate surface area is 112 Å². The van der Waals surface area contributed by atoms with Crippen molar-refractivity contribution >= 4 is 21.4 Å². The highest BCUT2D eigenvalue weighted by Crippen LogP contribution is 2.24. The molecule has 1 aromatic heterocycles. The number of rotatable bonds is 6. The number of aliphatic hydroxyl groups is 1. The molecule has 7 heteroatoms. The van der Waals surface area contributed by atoms with Crippen LogP contribution in [0.15, 0.2) is 15.7 Å².